The Morgan fingerprint density at radius 2 is 2.15 bits per heavy atom. The van der Waals surface area contributed by atoms with Crippen LogP contribution in [0.4, 0.5) is 9.18 Å². The van der Waals surface area contributed by atoms with E-state index < -0.39 is 29.0 Å². The van der Waals surface area contributed by atoms with Crippen LogP contribution in [-0.4, -0.2) is 48.6 Å². The van der Waals surface area contributed by atoms with E-state index in [2.05, 4.69) is 10.6 Å². The summed E-state index contributed by atoms with van der Waals surface area (Å²) in [4.78, 5) is 32.6. The molecule has 0 unspecified atom stereocenters. The number of ether oxygens (including phenoxy) is 1. The molecule has 0 radical (unpaired) electrons. The molecule has 172 valence electrons. The van der Waals surface area contributed by atoms with Crippen LogP contribution in [0.5, 0.6) is 0 Å². The van der Waals surface area contributed by atoms with E-state index >= 15 is 0 Å². The second kappa shape index (κ2) is 8.24. The number of alkyl carbamates (subject to hydrolysis) is 1. The molecule has 0 spiro atoms. The molecule has 3 heterocycles. The molecule has 1 saturated heterocycles. The molecule has 0 saturated carbocycles. The largest absolute Gasteiger partial charge is 0.444 e. The predicted molar refractivity (Wildman–Crippen MR) is 122 cm³/mol. The average Bonchev–Trinajstić information content (AvgIpc) is 3.39. The maximum Gasteiger partial charge on any atom is 0.414 e. The van der Waals surface area contributed by atoms with E-state index in [1.54, 1.807) is 33.9 Å². The van der Waals surface area contributed by atoms with E-state index in [0.29, 0.717) is 18.7 Å². The lowest BCUT2D eigenvalue weighted by atomic mass is 9.83. The van der Waals surface area contributed by atoms with Gasteiger partial charge in [-0.15, -0.1) is 11.3 Å². The van der Waals surface area contributed by atoms with Crippen LogP contribution in [-0.2, 0) is 15.1 Å². The topological polar surface area (TPSA) is 107 Å². The van der Waals surface area contributed by atoms with Gasteiger partial charge < -0.3 is 10.1 Å². The van der Waals surface area contributed by atoms with Crippen molar-refractivity contribution in [2.75, 3.05) is 20.1 Å². The smallest absolute Gasteiger partial charge is 0.414 e. The zero-order valence-corrected chi connectivity index (χ0v) is 19.5. The molecule has 1 aromatic heterocycles. The van der Waals surface area contributed by atoms with Gasteiger partial charge in [0, 0.05) is 25.0 Å². The molecule has 2 aliphatic rings. The van der Waals surface area contributed by atoms with Crippen molar-refractivity contribution in [2.24, 2.45) is 10.9 Å². The van der Waals surface area contributed by atoms with Gasteiger partial charge >= 0.3 is 6.09 Å². The van der Waals surface area contributed by atoms with Crippen LogP contribution in [0.15, 0.2) is 34.6 Å². The van der Waals surface area contributed by atoms with Gasteiger partial charge in [-0.05, 0) is 55.5 Å². The highest BCUT2D eigenvalue weighted by atomic mass is 32.1. The number of thiophene rings is 1. The lowest BCUT2D eigenvalue weighted by molar-refractivity contribution is -0.132. The fourth-order valence-electron chi connectivity index (χ4n) is 4.04. The normalized spacial score (nSPS) is 22.4. The Labute approximate surface area is 195 Å². The molecule has 2 atom stereocenters. The van der Waals surface area contributed by atoms with Crippen LogP contribution in [0.3, 0.4) is 0 Å². The van der Waals surface area contributed by atoms with Crippen LogP contribution in [0, 0.1) is 23.1 Å². The number of fused-ring (bicyclic) bond motifs is 1. The Balaban J connectivity index is 1.72. The number of carbonyl (C=O) groups is 2. The second-order valence-corrected chi connectivity index (χ2v) is 9.98. The molecule has 2 aliphatic heterocycles. The minimum absolute atomic E-state index is 0.0323. The average molecular weight is 470 g/mol. The number of rotatable bonds is 2. The molecule has 2 aromatic rings. The van der Waals surface area contributed by atoms with Crippen molar-refractivity contribution >= 4 is 29.3 Å². The molecule has 0 aliphatic carbocycles. The standard InChI is InChI=1S/C23H24FN5O3S/c1-22(2,3)32-21(31)27-20-28-23(12-26-10-16(23)19(30)29(20)4)18-8-15(11-33-18)13-5-6-17(24)14(7-13)9-25/h5-8,11,16,26H,10,12H2,1-4H3,(H,27,28,31)/t16-,23-/m0/s1. The quantitative estimate of drug-likeness (QED) is 0.703. The summed E-state index contributed by atoms with van der Waals surface area (Å²) in [6, 6.07) is 8.15. The number of hydrogen-bond acceptors (Lipinski definition) is 7. The van der Waals surface area contributed by atoms with Gasteiger partial charge in [-0.25, -0.2) is 14.2 Å². The Hall–Kier alpha value is -3.29. The Morgan fingerprint density at radius 1 is 1.39 bits per heavy atom. The maximum atomic E-state index is 13.8. The van der Waals surface area contributed by atoms with Gasteiger partial charge in [0.2, 0.25) is 11.9 Å². The van der Waals surface area contributed by atoms with E-state index in [9.17, 15) is 14.0 Å². The van der Waals surface area contributed by atoms with Gasteiger partial charge in [-0.2, -0.15) is 5.26 Å². The highest BCUT2D eigenvalue weighted by Gasteiger charge is 2.54. The van der Waals surface area contributed by atoms with Gasteiger partial charge in [-0.1, -0.05) is 6.07 Å². The first-order valence-corrected chi connectivity index (χ1v) is 11.3. The molecular weight excluding hydrogens is 445 g/mol. The molecule has 2 amide bonds. The predicted octanol–water partition coefficient (Wildman–Crippen LogP) is 3.19. The lowest BCUT2D eigenvalue weighted by Crippen LogP contribution is -2.56. The van der Waals surface area contributed by atoms with Crippen molar-refractivity contribution in [2.45, 2.75) is 31.9 Å². The van der Waals surface area contributed by atoms with Crippen LogP contribution in [0.1, 0.15) is 31.2 Å². The van der Waals surface area contributed by atoms with Crippen molar-refractivity contribution in [1.82, 2.24) is 15.5 Å². The third-order valence-corrected chi connectivity index (χ3v) is 6.73. The SMILES string of the molecule is CN1C(=O)[C@@H]2CNC[C@]2(c2cc(-c3ccc(F)c(C#N)c3)cs2)N=C1NC(=O)OC(C)(C)C. The summed E-state index contributed by atoms with van der Waals surface area (Å²) >= 11 is 1.43. The van der Waals surface area contributed by atoms with Crippen molar-refractivity contribution in [3.05, 3.63) is 45.9 Å². The van der Waals surface area contributed by atoms with Gasteiger partial charge in [0.05, 0.1) is 11.5 Å². The first-order valence-electron chi connectivity index (χ1n) is 10.4. The molecule has 1 fully saturated rings. The number of amides is 2. The Morgan fingerprint density at radius 3 is 2.85 bits per heavy atom. The fourth-order valence-corrected chi connectivity index (χ4v) is 5.15. The molecule has 0 bridgehead atoms. The zero-order chi connectivity index (χ0) is 24.0. The monoisotopic (exact) mass is 469 g/mol. The number of benzene rings is 1. The molecule has 4 rings (SSSR count). The van der Waals surface area contributed by atoms with Crippen molar-refractivity contribution < 1.29 is 18.7 Å². The molecular formula is C23H24FN5O3S. The van der Waals surface area contributed by atoms with Crippen LogP contribution >= 0.6 is 11.3 Å². The van der Waals surface area contributed by atoms with Crippen molar-refractivity contribution in [1.29, 1.82) is 5.26 Å². The van der Waals surface area contributed by atoms with E-state index in [4.69, 9.17) is 15.0 Å². The number of guanidine groups is 1. The van der Waals surface area contributed by atoms with Crippen LogP contribution < -0.4 is 10.6 Å². The summed E-state index contributed by atoms with van der Waals surface area (Å²) in [5.74, 6) is -1.05. The zero-order valence-electron chi connectivity index (χ0n) is 18.7. The van der Waals surface area contributed by atoms with Crippen molar-refractivity contribution in [3.8, 4) is 17.2 Å². The molecule has 33 heavy (non-hydrogen) atoms. The lowest BCUT2D eigenvalue weighted by Gasteiger charge is -2.38. The number of nitriles is 1. The number of carbonyl (C=O) groups excluding carboxylic acids is 2. The molecule has 2 N–H and O–H groups in total. The number of nitrogens with zero attached hydrogens (tertiary/aromatic N) is 3. The molecule has 8 nitrogen and oxygen atoms in total. The minimum atomic E-state index is -0.894. The van der Waals surface area contributed by atoms with Crippen LogP contribution in [0.2, 0.25) is 0 Å². The second-order valence-electron chi connectivity index (χ2n) is 9.07. The summed E-state index contributed by atoms with van der Waals surface area (Å²) in [7, 11) is 1.57. The van der Waals surface area contributed by atoms with Crippen LogP contribution in [0.25, 0.3) is 11.1 Å². The molecule has 10 heteroatoms. The minimum Gasteiger partial charge on any atom is -0.444 e. The van der Waals surface area contributed by atoms with Gasteiger partial charge in [-0.3, -0.25) is 15.0 Å². The number of halogens is 1. The van der Waals surface area contributed by atoms with Crippen molar-refractivity contribution in [3.63, 3.8) is 0 Å². The summed E-state index contributed by atoms with van der Waals surface area (Å²) in [5.41, 5.74) is -0.124. The number of nitrogens with one attached hydrogen (secondary N) is 2. The highest BCUT2D eigenvalue weighted by molar-refractivity contribution is 7.10. The maximum absolute atomic E-state index is 13.8. The highest BCUT2D eigenvalue weighted by Crippen LogP contribution is 2.44. The van der Waals surface area contributed by atoms with E-state index in [-0.39, 0.29) is 17.4 Å². The summed E-state index contributed by atoms with van der Waals surface area (Å²) in [6.07, 6.45) is -0.692. The first kappa shape index (κ1) is 22.9. The van der Waals surface area contributed by atoms with Gasteiger partial charge in [0.25, 0.3) is 0 Å². The van der Waals surface area contributed by atoms with E-state index in [0.717, 1.165) is 10.4 Å². The first-order chi connectivity index (χ1) is 15.5. The Kier molecular flexibility index (Phi) is 5.72. The van der Waals surface area contributed by atoms with Gasteiger partial charge in [0.15, 0.2) is 0 Å². The summed E-state index contributed by atoms with van der Waals surface area (Å²) in [6.45, 7) is 6.13. The summed E-state index contributed by atoms with van der Waals surface area (Å²) in [5, 5.41) is 16.9. The number of aliphatic imine (C=N–C) groups is 1. The third-order valence-electron chi connectivity index (χ3n) is 5.63. The third kappa shape index (κ3) is 4.21. The molecule has 1 aromatic carbocycles. The van der Waals surface area contributed by atoms with E-state index in [1.165, 1.54) is 28.4 Å². The number of hydrogen-bond donors (Lipinski definition) is 2. The van der Waals surface area contributed by atoms with E-state index in [1.807, 2.05) is 17.5 Å². The van der Waals surface area contributed by atoms with Gasteiger partial charge in [0.1, 0.15) is 23.0 Å². The fraction of sp³-hybridized carbons (Fsp3) is 0.391. The Bertz CT molecular complexity index is 1200. The summed E-state index contributed by atoms with van der Waals surface area (Å²) < 4.78 is 19.1.